The van der Waals surface area contributed by atoms with E-state index in [9.17, 15) is 9.59 Å². The first-order chi connectivity index (χ1) is 15.0. The Labute approximate surface area is 181 Å². The molecule has 4 aromatic rings. The third-order valence-corrected chi connectivity index (χ3v) is 5.39. The van der Waals surface area contributed by atoms with E-state index in [1.807, 2.05) is 19.1 Å². The number of methoxy groups -OCH3 is 1. The second-order valence-electron chi connectivity index (χ2n) is 6.54. The smallest absolute Gasteiger partial charge is 0.350 e. The van der Waals surface area contributed by atoms with Gasteiger partial charge in [-0.05, 0) is 31.2 Å². The quantitative estimate of drug-likeness (QED) is 0.390. The van der Waals surface area contributed by atoms with Gasteiger partial charge in [0.05, 0.1) is 23.8 Å². The monoisotopic (exact) mass is 437 g/mol. The highest BCUT2D eigenvalue weighted by Crippen LogP contribution is 2.31. The van der Waals surface area contributed by atoms with Gasteiger partial charge in [0.2, 0.25) is 5.95 Å². The molecule has 31 heavy (non-hydrogen) atoms. The van der Waals surface area contributed by atoms with Crippen LogP contribution in [-0.4, -0.2) is 41.0 Å². The minimum atomic E-state index is -0.402. The third-order valence-electron chi connectivity index (χ3n) is 4.36. The molecule has 0 unspecified atom stereocenters. The van der Waals surface area contributed by atoms with E-state index >= 15 is 0 Å². The van der Waals surface area contributed by atoms with Crippen molar-refractivity contribution in [2.45, 2.75) is 6.92 Å². The number of H-pyrrole nitrogens is 1. The molecule has 0 spiro atoms. The Hall–Kier alpha value is -3.92. The maximum Gasteiger partial charge on any atom is 0.350 e. The number of aromatic nitrogens is 3. The van der Waals surface area contributed by atoms with Crippen molar-refractivity contribution >= 4 is 45.9 Å². The third kappa shape index (κ3) is 4.33. The van der Waals surface area contributed by atoms with Crippen LogP contribution in [0.25, 0.3) is 11.0 Å². The van der Waals surface area contributed by atoms with Crippen LogP contribution in [0.3, 0.4) is 0 Å². The molecular formula is C21H19N5O4S. The molecule has 3 heterocycles. The van der Waals surface area contributed by atoms with Crippen molar-refractivity contribution in [3.8, 4) is 11.5 Å². The molecule has 3 aromatic heterocycles. The molecule has 1 amide bonds. The van der Waals surface area contributed by atoms with Crippen LogP contribution >= 0.6 is 11.3 Å². The van der Waals surface area contributed by atoms with E-state index in [-0.39, 0.29) is 11.6 Å². The highest BCUT2D eigenvalue weighted by atomic mass is 32.1. The summed E-state index contributed by atoms with van der Waals surface area (Å²) in [5.74, 6) is 0.850. The van der Waals surface area contributed by atoms with Gasteiger partial charge in [0.25, 0.3) is 5.91 Å². The molecule has 3 N–H and O–H groups in total. The van der Waals surface area contributed by atoms with Crippen LogP contribution in [0.1, 0.15) is 25.0 Å². The van der Waals surface area contributed by atoms with E-state index in [1.165, 1.54) is 24.6 Å². The second kappa shape index (κ2) is 8.44. The number of amides is 1. The number of fused-ring (bicyclic) bond motifs is 1. The number of esters is 1. The van der Waals surface area contributed by atoms with E-state index in [0.29, 0.717) is 28.0 Å². The summed E-state index contributed by atoms with van der Waals surface area (Å²) in [6.07, 6.45) is 1.51. The number of imidazole rings is 1. The number of ether oxygens (including phenoxy) is 2. The van der Waals surface area contributed by atoms with E-state index in [2.05, 4.69) is 25.6 Å². The van der Waals surface area contributed by atoms with Crippen molar-refractivity contribution in [3.63, 3.8) is 0 Å². The Morgan fingerprint density at radius 3 is 2.71 bits per heavy atom. The molecule has 9 nitrogen and oxygen atoms in total. The molecule has 0 fully saturated rings. The molecule has 4 rings (SSSR count). The van der Waals surface area contributed by atoms with Crippen LogP contribution in [0, 0.1) is 6.92 Å². The molecule has 10 heteroatoms. The highest BCUT2D eigenvalue weighted by Gasteiger charge is 2.17. The number of thiophene rings is 1. The fourth-order valence-corrected chi connectivity index (χ4v) is 3.84. The van der Waals surface area contributed by atoms with Gasteiger partial charge in [-0.15, -0.1) is 11.3 Å². The maximum atomic E-state index is 12.0. The Kier molecular flexibility index (Phi) is 5.54. The van der Waals surface area contributed by atoms with E-state index < -0.39 is 5.97 Å². The number of hydrogen-bond donors (Lipinski definition) is 3. The van der Waals surface area contributed by atoms with Gasteiger partial charge < -0.3 is 25.1 Å². The summed E-state index contributed by atoms with van der Waals surface area (Å²) in [5, 5.41) is 5.67. The summed E-state index contributed by atoms with van der Waals surface area (Å²) in [7, 11) is 2.89. The topological polar surface area (TPSA) is 118 Å². The van der Waals surface area contributed by atoms with Crippen LogP contribution in [0.2, 0.25) is 0 Å². The van der Waals surface area contributed by atoms with Crippen molar-refractivity contribution in [2.75, 3.05) is 19.5 Å². The number of hydrogen-bond acceptors (Lipinski definition) is 8. The fraction of sp³-hybridized carbons (Fsp3) is 0.143. The molecule has 0 aliphatic heterocycles. The number of carbonyl (C=O) groups excluding carboxylic acids is 2. The van der Waals surface area contributed by atoms with Crippen LogP contribution in [0.15, 0.2) is 42.6 Å². The number of rotatable bonds is 6. The highest BCUT2D eigenvalue weighted by molar-refractivity contribution is 7.14. The predicted molar refractivity (Wildman–Crippen MR) is 117 cm³/mol. The predicted octanol–water partition coefficient (Wildman–Crippen LogP) is 4.01. The molecular weight excluding hydrogens is 418 g/mol. The normalized spacial score (nSPS) is 10.7. The number of nitrogens with zero attached hydrogens (tertiary/aromatic N) is 2. The summed E-state index contributed by atoms with van der Waals surface area (Å²) < 4.78 is 10.7. The van der Waals surface area contributed by atoms with Crippen LogP contribution in [-0.2, 0) is 4.74 Å². The van der Waals surface area contributed by atoms with Gasteiger partial charge in [-0.2, -0.15) is 0 Å². The molecule has 0 saturated carbocycles. The zero-order chi connectivity index (χ0) is 22.0. The Bertz CT molecular complexity index is 1280. The first kappa shape index (κ1) is 20.4. The molecule has 0 aliphatic rings. The summed E-state index contributed by atoms with van der Waals surface area (Å²) in [6, 6.07) is 10.5. The second-order valence-corrected chi connectivity index (χ2v) is 7.80. The minimum Gasteiger partial charge on any atom is -0.465 e. The zero-order valence-electron chi connectivity index (χ0n) is 17.0. The Morgan fingerprint density at radius 2 is 1.94 bits per heavy atom. The summed E-state index contributed by atoms with van der Waals surface area (Å²) in [4.78, 5) is 36.9. The molecule has 0 bridgehead atoms. The van der Waals surface area contributed by atoms with E-state index in [1.54, 1.807) is 31.3 Å². The summed E-state index contributed by atoms with van der Waals surface area (Å²) in [6.45, 7) is 1.92. The molecule has 158 valence electrons. The number of anilines is 2. The van der Waals surface area contributed by atoms with Crippen molar-refractivity contribution < 1.29 is 19.1 Å². The van der Waals surface area contributed by atoms with Gasteiger partial charge in [0, 0.05) is 30.3 Å². The van der Waals surface area contributed by atoms with Gasteiger partial charge >= 0.3 is 5.97 Å². The van der Waals surface area contributed by atoms with E-state index in [0.717, 1.165) is 15.9 Å². The van der Waals surface area contributed by atoms with Crippen LogP contribution in [0.5, 0.6) is 11.5 Å². The molecule has 0 aliphatic carbocycles. The lowest BCUT2D eigenvalue weighted by atomic mass is 10.3. The number of carbonyl (C=O) groups is 2. The SMILES string of the molecule is CNC(=O)c1cc(Oc2ccc3nc(Nc4cc(C)sc4C(=O)OC)[nH]c3c2)ccn1. The molecule has 0 radical (unpaired) electrons. The number of aryl methyl sites for hydroxylation is 1. The number of benzene rings is 1. The lowest BCUT2D eigenvalue weighted by Gasteiger charge is -2.06. The van der Waals surface area contributed by atoms with Gasteiger partial charge in [0.1, 0.15) is 22.1 Å². The number of nitrogens with one attached hydrogen (secondary N) is 3. The van der Waals surface area contributed by atoms with Gasteiger partial charge in [-0.3, -0.25) is 9.78 Å². The fourth-order valence-electron chi connectivity index (χ4n) is 2.95. The number of pyridine rings is 1. The van der Waals surface area contributed by atoms with Gasteiger partial charge in [0.15, 0.2) is 0 Å². The van der Waals surface area contributed by atoms with Crippen LogP contribution in [0.4, 0.5) is 11.6 Å². The first-order valence-corrected chi connectivity index (χ1v) is 10.1. The van der Waals surface area contributed by atoms with Crippen molar-refractivity contribution in [2.24, 2.45) is 0 Å². The average Bonchev–Trinajstić information content (AvgIpc) is 3.34. The van der Waals surface area contributed by atoms with Crippen molar-refractivity contribution in [1.82, 2.24) is 20.3 Å². The Balaban J connectivity index is 1.57. The van der Waals surface area contributed by atoms with Gasteiger partial charge in [-0.25, -0.2) is 9.78 Å². The van der Waals surface area contributed by atoms with Crippen molar-refractivity contribution in [1.29, 1.82) is 0 Å². The number of aromatic amines is 1. The Morgan fingerprint density at radius 1 is 1.13 bits per heavy atom. The molecule has 0 saturated heterocycles. The van der Waals surface area contributed by atoms with Crippen molar-refractivity contribution in [3.05, 3.63) is 58.0 Å². The maximum absolute atomic E-state index is 12.0. The zero-order valence-corrected chi connectivity index (χ0v) is 17.8. The van der Waals surface area contributed by atoms with E-state index in [4.69, 9.17) is 9.47 Å². The summed E-state index contributed by atoms with van der Waals surface area (Å²) >= 11 is 1.35. The summed E-state index contributed by atoms with van der Waals surface area (Å²) in [5.41, 5.74) is 2.36. The molecule has 1 aromatic carbocycles. The standard InChI is InChI=1S/C21H19N5O4S/c1-11-8-16(18(31-11)20(28)29-3)26-21-24-14-5-4-12(9-15(14)25-21)30-13-6-7-23-17(10-13)19(27)22-2/h4-10H,1-3H3,(H,22,27)(H2,24,25,26). The molecule has 0 atom stereocenters. The van der Waals surface area contributed by atoms with Crippen LogP contribution < -0.4 is 15.4 Å². The largest absolute Gasteiger partial charge is 0.465 e. The lowest BCUT2D eigenvalue weighted by Crippen LogP contribution is -2.18. The van der Waals surface area contributed by atoms with Gasteiger partial charge in [-0.1, -0.05) is 0 Å². The minimum absolute atomic E-state index is 0.265. The lowest BCUT2D eigenvalue weighted by molar-refractivity contribution is 0.0607. The first-order valence-electron chi connectivity index (χ1n) is 9.28. The average molecular weight is 437 g/mol.